The van der Waals surface area contributed by atoms with Crippen LogP contribution in [0.25, 0.3) is 21.8 Å². The predicted octanol–water partition coefficient (Wildman–Crippen LogP) is 9.19. The third-order valence-corrected chi connectivity index (χ3v) is 7.94. The van der Waals surface area contributed by atoms with Gasteiger partial charge in [0.1, 0.15) is 0 Å². The van der Waals surface area contributed by atoms with Gasteiger partial charge in [-0.3, -0.25) is 0 Å². The van der Waals surface area contributed by atoms with Crippen LogP contribution in [0.15, 0.2) is 81.4 Å². The first-order valence-electron chi connectivity index (χ1n) is 11.6. The molecule has 1 aromatic heterocycles. The highest BCUT2D eigenvalue weighted by Crippen LogP contribution is 2.43. The van der Waals surface area contributed by atoms with Gasteiger partial charge in [-0.15, -0.1) is 0 Å². The lowest BCUT2D eigenvalue weighted by molar-refractivity contribution is 0.576. The summed E-state index contributed by atoms with van der Waals surface area (Å²) in [5, 5.41) is 2.62. The second kappa shape index (κ2) is 7.35. The van der Waals surface area contributed by atoms with E-state index in [1.807, 2.05) is 0 Å². The standard InChI is InChI=1S/C30H32BrN/c1-18-9-19(2)15-29(5,14-18)22-7-8-27-24(11-22)25-12-23(13-26(31)28(25)32-27)30(6)16-20(3)10-21(4)17-30/h7-14,16,32H,15,17H2,1-6H3. The fraction of sp³-hybridized carbons (Fsp3) is 0.333. The third kappa shape index (κ3) is 3.53. The molecule has 2 aliphatic rings. The summed E-state index contributed by atoms with van der Waals surface area (Å²) >= 11 is 3.88. The van der Waals surface area contributed by atoms with Crippen molar-refractivity contribution in [1.82, 2.24) is 4.98 Å². The summed E-state index contributed by atoms with van der Waals surface area (Å²) in [7, 11) is 0. The maximum Gasteiger partial charge on any atom is 0.0609 e. The highest BCUT2D eigenvalue weighted by atomic mass is 79.9. The smallest absolute Gasteiger partial charge is 0.0609 e. The molecule has 2 heteroatoms. The number of aromatic amines is 1. The molecule has 0 spiro atoms. The van der Waals surface area contributed by atoms with Crippen molar-refractivity contribution in [3.63, 3.8) is 0 Å². The van der Waals surface area contributed by atoms with Crippen LogP contribution in [-0.4, -0.2) is 4.98 Å². The lowest BCUT2D eigenvalue weighted by Gasteiger charge is -2.32. The maximum atomic E-state index is 3.88. The number of benzene rings is 2. The van der Waals surface area contributed by atoms with Crippen molar-refractivity contribution in [2.45, 2.75) is 65.2 Å². The van der Waals surface area contributed by atoms with Gasteiger partial charge in [-0.2, -0.15) is 0 Å². The number of hydrogen-bond donors (Lipinski definition) is 1. The molecule has 1 N–H and O–H groups in total. The number of rotatable bonds is 2. The molecule has 3 aromatic rings. The molecule has 0 radical (unpaired) electrons. The normalized spacial score (nSPS) is 26.1. The van der Waals surface area contributed by atoms with Crippen LogP contribution in [0.2, 0.25) is 0 Å². The molecular formula is C30H32BrN. The minimum absolute atomic E-state index is 0.0118. The maximum absolute atomic E-state index is 3.88. The minimum Gasteiger partial charge on any atom is -0.354 e. The number of H-pyrrole nitrogens is 1. The molecule has 2 unspecified atom stereocenters. The second-order valence-electron chi connectivity index (χ2n) is 10.7. The van der Waals surface area contributed by atoms with Gasteiger partial charge in [-0.05, 0) is 91.9 Å². The molecule has 2 aromatic carbocycles. The number of nitrogens with one attached hydrogen (secondary N) is 1. The Morgan fingerprint density at radius 3 is 1.91 bits per heavy atom. The van der Waals surface area contributed by atoms with E-state index in [-0.39, 0.29) is 10.8 Å². The van der Waals surface area contributed by atoms with E-state index >= 15 is 0 Å². The zero-order valence-corrected chi connectivity index (χ0v) is 21.6. The molecule has 1 heterocycles. The summed E-state index contributed by atoms with van der Waals surface area (Å²) in [6.45, 7) is 13.7. The van der Waals surface area contributed by atoms with Crippen LogP contribution in [0.3, 0.4) is 0 Å². The Morgan fingerprint density at radius 2 is 1.31 bits per heavy atom. The van der Waals surface area contributed by atoms with Gasteiger partial charge in [0.25, 0.3) is 0 Å². The van der Waals surface area contributed by atoms with Crippen LogP contribution < -0.4 is 0 Å². The number of fused-ring (bicyclic) bond motifs is 3. The molecule has 5 rings (SSSR count). The van der Waals surface area contributed by atoms with Gasteiger partial charge >= 0.3 is 0 Å². The summed E-state index contributed by atoms with van der Waals surface area (Å²) in [5.41, 5.74) is 10.8. The molecule has 0 aliphatic heterocycles. The predicted molar refractivity (Wildman–Crippen MR) is 142 cm³/mol. The molecule has 32 heavy (non-hydrogen) atoms. The number of aromatic nitrogens is 1. The quantitative estimate of drug-likeness (QED) is 0.372. The molecule has 0 fully saturated rings. The summed E-state index contributed by atoms with van der Waals surface area (Å²) in [5.74, 6) is 0. The monoisotopic (exact) mass is 485 g/mol. The summed E-state index contributed by atoms with van der Waals surface area (Å²) < 4.78 is 1.14. The number of hydrogen-bond acceptors (Lipinski definition) is 0. The topological polar surface area (TPSA) is 15.8 Å². The van der Waals surface area contributed by atoms with Crippen molar-refractivity contribution in [2.24, 2.45) is 0 Å². The average Bonchev–Trinajstić information content (AvgIpc) is 3.04. The van der Waals surface area contributed by atoms with Crippen molar-refractivity contribution < 1.29 is 0 Å². The zero-order valence-electron chi connectivity index (χ0n) is 20.0. The van der Waals surface area contributed by atoms with E-state index in [1.165, 1.54) is 55.2 Å². The summed E-state index contributed by atoms with van der Waals surface area (Å²) in [4.78, 5) is 3.67. The van der Waals surface area contributed by atoms with E-state index in [4.69, 9.17) is 0 Å². The van der Waals surface area contributed by atoms with Gasteiger partial charge in [0.15, 0.2) is 0 Å². The van der Waals surface area contributed by atoms with E-state index in [1.54, 1.807) is 0 Å². The summed E-state index contributed by atoms with van der Waals surface area (Å²) in [6.07, 6.45) is 11.6. The Bertz CT molecular complexity index is 1390. The molecule has 2 aliphatic carbocycles. The highest BCUT2D eigenvalue weighted by molar-refractivity contribution is 9.10. The first-order chi connectivity index (χ1) is 15.1. The first-order valence-corrected chi connectivity index (χ1v) is 12.3. The van der Waals surface area contributed by atoms with Crippen LogP contribution >= 0.6 is 15.9 Å². The molecule has 0 saturated heterocycles. The molecule has 2 atom stereocenters. The molecule has 0 amide bonds. The molecule has 164 valence electrons. The summed E-state index contributed by atoms with van der Waals surface area (Å²) in [6, 6.07) is 11.7. The van der Waals surface area contributed by atoms with Gasteiger partial charge in [0.2, 0.25) is 0 Å². The Balaban J connectivity index is 1.70. The van der Waals surface area contributed by atoms with Gasteiger partial charge in [-0.25, -0.2) is 0 Å². The van der Waals surface area contributed by atoms with Crippen LogP contribution in [-0.2, 0) is 10.8 Å². The Kier molecular flexibility index (Phi) is 4.94. The Labute approximate surface area is 200 Å². The van der Waals surface area contributed by atoms with Crippen molar-refractivity contribution >= 4 is 37.7 Å². The van der Waals surface area contributed by atoms with Crippen LogP contribution in [0.4, 0.5) is 0 Å². The van der Waals surface area contributed by atoms with E-state index < -0.39 is 0 Å². The zero-order chi connectivity index (χ0) is 22.8. The van der Waals surface area contributed by atoms with E-state index in [0.29, 0.717) is 0 Å². The fourth-order valence-corrected chi connectivity index (χ4v) is 6.80. The number of allylic oxidation sites excluding steroid dienone is 8. The van der Waals surface area contributed by atoms with E-state index in [2.05, 4.69) is 117 Å². The molecule has 1 nitrogen and oxygen atoms in total. The van der Waals surface area contributed by atoms with Crippen molar-refractivity contribution in [3.05, 3.63) is 92.5 Å². The van der Waals surface area contributed by atoms with Gasteiger partial charge in [-0.1, -0.05) is 66.5 Å². The minimum atomic E-state index is 0.0118. The van der Waals surface area contributed by atoms with Crippen LogP contribution in [0, 0.1) is 0 Å². The number of halogens is 1. The van der Waals surface area contributed by atoms with Crippen molar-refractivity contribution in [2.75, 3.05) is 0 Å². The first kappa shape index (κ1) is 21.5. The second-order valence-corrected chi connectivity index (χ2v) is 11.6. The van der Waals surface area contributed by atoms with Crippen molar-refractivity contribution in [1.29, 1.82) is 0 Å². The van der Waals surface area contributed by atoms with Crippen molar-refractivity contribution in [3.8, 4) is 0 Å². The highest BCUT2D eigenvalue weighted by Gasteiger charge is 2.30. The SMILES string of the molecule is CC1=CC(C)(c2ccc3[nH]c4c(Br)cc(C5(C)C=C(C)C=C(C)C5)cc4c3c2)CC(C)=C1. The Morgan fingerprint density at radius 1 is 0.750 bits per heavy atom. The van der Waals surface area contributed by atoms with Crippen LogP contribution in [0.1, 0.15) is 65.5 Å². The molecular weight excluding hydrogens is 454 g/mol. The van der Waals surface area contributed by atoms with Crippen LogP contribution in [0.5, 0.6) is 0 Å². The van der Waals surface area contributed by atoms with Gasteiger partial charge in [0.05, 0.1) is 5.52 Å². The van der Waals surface area contributed by atoms with Gasteiger partial charge in [0, 0.05) is 31.6 Å². The molecule has 0 saturated carbocycles. The lowest BCUT2D eigenvalue weighted by Crippen LogP contribution is -2.22. The molecule has 0 bridgehead atoms. The average molecular weight is 486 g/mol. The third-order valence-electron chi connectivity index (χ3n) is 7.31. The van der Waals surface area contributed by atoms with Gasteiger partial charge < -0.3 is 4.98 Å². The fourth-order valence-electron chi connectivity index (χ4n) is 6.24. The largest absolute Gasteiger partial charge is 0.354 e. The van der Waals surface area contributed by atoms with E-state index in [0.717, 1.165) is 17.3 Å². The lowest BCUT2D eigenvalue weighted by atomic mass is 9.72. The Hall–Kier alpha value is -2.32. The van der Waals surface area contributed by atoms with E-state index in [9.17, 15) is 0 Å².